The number of hydrogen-bond acceptors (Lipinski definition) is 4. The number of carbonyl (C=O) groups excluding carboxylic acids is 2. The number of fused-ring (bicyclic) bond motifs is 2. The van der Waals surface area contributed by atoms with Crippen molar-refractivity contribution in [2.24, 2.45) is 11.8 Å². The zero-order valence-corrected chi connectivity index (χ0v) is 16.0. The van der Waals surface area contributed by atoms with Crippen LogP contribution in [0.4, 0.5) is 0 Å². The van der Waals surface area contributed by atoms with E-state index in [1.54, 1.807) is 6.92 Å². The van der Waals surface area contributed by atoms with Crippen molar-refractivity contribution in [2.45, 2.75) is 64.4 Å². The molecule has 140 valence electrons. The Morgan fingerprint density at radius 3 is 2.54 bits per heavy atom. The zero-order valence-electron chi connectivity index (χ0n) is 16.0. The molecule has 0 aliphatic carbocycles. The maximum absolute atomic E-state index is 13.4. The summed E-state index contributed by atoms with van der Waals surface area (Å²) in [5, 5.41) is 0. The van der Waals surface area contributed by atoms with Crippen LogP contribution in [0, 0.1) is 11.8 Å². The summed E-state index contributed by atoms with van der Waals surface area (Å²) in [5.74, 6) is -0.127. The number of carbonyl (C=O) groups is 2. The summed E-state index contributed by atoms with van der Waals surface area (Å²) in [6.07, 6.45) is 4.23. The smallest absolute Gasteiger partial charge is 0.171 e. The van der Waals surface area contributed by atoms with E-state index in [1.807, 2.05) is 49.4 Å². The summed E-state index contributed by atoms with van der Waals surface area (Å²) in [6.45, 7) is 7.97. The van der Waals surface area contributed by atoms with Gasteiger partial charge in [0.25, 0.3) is 0 Å². The predicted octanol–water partition coefficient (Wildman–Crippen LogP) is 3.88. The van der Waals surface area contributed by atoms with Gasteiger partial charge in [0.1, 0.15) is 17.5 Å². The molecule has 1 saturated heterocycles. The Kier molecular flexibility index (Phi) is 5.18. The first kappa shape index (κ1) is 19.0. The molecule has 2 heterocycles. The third-order valence-corrected chi connectivity index (χ3v) is 5.72. The molecule has 4 atom stereocenters. The highest BCUT2D eigenvalue weighted by atomic mass is 16.6. The molecule has 2 aliphatic heterocycles. The van der Waals surface area contributed by atoms with Crippen LogP contribution in [0.1, 0.15) is 46.1 Å². The van der Waals surface area contributed by atoms with E-state index < -0.39 is 17.3 Å². The van der Waals surface area contributed by atoms with Crippen LogP contribution in [0.25, 0.3) is 0 Å². The normalized spacial score (nSPS) is 33.0. The molecule has 0 N–H and O–H groups in total. The first-order valence-corrected chi connectivity index (χ1v) is 9.38. The van der Waals surface area contributed by atoms with Crippen LogP contribution in [0.15, 0.2) is 42.5 Å². The Morgan fingerprint density at radius 1 is 1.23 bits per heavy atom. The van der Waals surface area contributed by atoms with E-state index in [4.69, 9.17) is 9.47 Å². The Hall–Kier alpha value is -1.78. The lowest BCUT2D eigenvalue weighted by molar-refractivity contribution is -0.222. The topological polar surface area (TPSA) is 52.6 Å². The molecule has 0 unspecified atom stereocenters. The second kappa shape index (κ2) is 7.09. The van der Waals surface area contributed by atoms with Gasteiger partial charge in [-0.1, -0.05) is 56.3 Å². The number of ether oxygens (including phenoxy) is 2. The second-order valence-corrected chi connectivity index (χ2v) is 8.00. The van der Waals surface area contributed by atoms with Gasteiger partial charge in [-0.25, -0.2) is 0 Å². The average Bonchev–Trinajstić information content (AvgIpc) is 2.92. The van der Waals surface area contributed by atoms with Crippen molar-refractivity contribution in [3.05, 3.63) is 48.0 Å². The molecule has 3 rings (SSSR count). The molecule has 0 spiro atoms. The lowest BCUT2D eigenvalue weighted by Crippen LogP contribution is -2.62. The van der Waals surface area contributed by atoms with Crippen molar-refractivity contribution >= 4 is 11.6 Å². The van der Waals surface area contributed by atoms with Gasteiger partial charge in [0, 0.05) is 6.42 Å². The molecule has 0 radical (unpaired) electrons. The molecule has 1 aromatic carbocycles. The van der Waals surface area contributed by atoms with Crippen molar-refractivity contribution in [1.82, 2.24) is 0 Å². The maximum Gasteiger partial charge on any atom is 0.171 e. The van der Waals surface area contributed by atoms with E-state index in [0.29, 0.717) is 19.4 Å². The van der Waals surface area contributed by atoms with Gasteiger partial charge in [0.15, 0.2) is 5.78 Å². The van der Waals surface area contributed by atoms with Crippen molar-refractivity contribution < 1.29 is 19.1 Å². The van der Waals surface area contributed by atoms with E-state index in [0.717, 1.165) is 5.56 Å². The maximum atomic E-state index is 13.4. The number of benzene rings is 1. The van der Waals surface area contributed by atoms with Gasteiger partial charge in [-0.15, -0.1) is 0 Å². The zero-order chi connectivity index (χ0) is 18.9. The fraction of sp³-hybridized carbons (Fsp3) is 0.545. The van der Waals surface area contributed by atoms with Crippen LogP contribution in [-0.2, 0) is 25.7 Å². The molecule has 0 saturated carbocycles. The molecule has 0 aromatic heterocycles. The fourth-order valence-corrected chi connectivity index (χ4v) is 4.12. The SMILES string of the molecule is CC(=O)CC[C@H]1C(=O)[C@H](OCc2ccccc2)[C@@]2(C(C)C)C=C[C@@]1(C)O2. The summed E-state index contributed by atoms with van der Waals surface area (Å²) in [5.41, 5.74) is -0.383. The standard InChI is InChI=1S/C22H28O4/c1-15(2)22-13-12-21(4,26-22)18(11-10-16(3)23)19(24)20(22)25-14-17-8-6-5-7-9-17/h5-9,12-13,15,18,20H,10-11,14H2,1-4H3/t18-,20-,21+,22-/m0/s1. The molecular formula is C22H28O4. The third-order valence-electron chi connectivity index (χ3n) is 5.72. The number of rotatable bonds is 7. The lowest BCUT2D eigenvalue weighted by atomic mass is 9.74. The van der Waals surface area contributed by atoms with Gasteiger partial charge in [0.05, 0.1) is 18.1 Å². The van der Waals surface area contributed by atoms with Crippen LogP contribution in [0.3, 0.4) is 0 Å². The van der Waals surface area contributed by atoms with E-state index >= 15 is 0 Å². The summed E-state index contributed by atoms with van der Waals surface area (Å²) in [7, 11) is 0. The largest absolute Gasteiger partial charge is 0.362 e. The van der Waals surface area contributed by atoms with Crippen LogP contribution in [0.2, 0.25) is 0 Å². The number of Topliss-reactive ketones (excluding diaryl/α,β-unsaturated/α-hetero) is 2. The minimum Gasteiger partial charge on any atom is -0.362 e. The van der Waals surface area contributed by atoms with E-state index in [9.17, 15) is 9.59 Å². The van der Waals surface area contributed by atoms with Gasteiger partial charge < -0.3 is 14.3 Å². The highest BCUT2D eigenvalue weighted by Crippen LogP contribution is 2.50. The highest BCUT2D eigenvalue weighted by molar-refractivity contribution is 5.91. The third kappa shape index (κ3) is 3.28. The molecule has 4 heteroatoms. The van der Waals surface area contributed by atoms with Crippen molar-refractivity contribution in [3.63, 3.8) is 0 Å². The van der Waals surface area contributed by atoms with Gasteiger partial charge in [-0.3, -0.25) is 4.79 Å². The summed E-state index contributed by atoms with van der Waals surface area (Å²) in [4.78, 5) is 24.8. The lowest BCUT2D eigenvalue weighted by Gasteiger charge is -2.49. The molecular weight excluding hydrogens is 328 g/mol. The molecule has 2 bridgehead atoms. The van der Waals surface area contributed by atoms with Crippen LogP contribution < -0.4 is 0 Å². The molecule has 1 fully saturated rings. The van der Waals surface area contributed by atoms with Crippen LogP contribution in [-0.4, -0.2) is 28.9 Å². The fourth-order valence-electron chi connectivity index (χ4n) is 4.12. The predicted molar refractivity (Wildman–Crippen MR) is 99.6 cm³/mol. The van der Waals surface area contributed by atoms with Gasteiger partial charge >= 0.3 is 0 Å². The Labute approximate surface area is 155 Å². The van der Waals surface area contributed by atoms with Crippen molar-refractivity contribution in [3.8, 4) is 0 Å². The number of hydrogen-bond donors (Lipinski definition) is 0. The Morgan fingerprint density at radius 2 is 1.92 bits per heavy atom. The Balaban J connectivity index is 1.87. The molecule has 26 heavy (non-hydrogen) atoms. The summed E-state index contributed by atoms with van der Waals surface area (Å²) < 4.78 is 12.6. The summed E-state index contributed by atoms with van der Waals surface area (Å²) in [6, 6.07) is 9.84. The minimum absolute atomic E-state index is 0.0506. The van der Waals surface area contributed by atoms with Crippen molar-refractivity contribution in [2.75, 3.05) is 0 Å². The van der Waals surface area contributed by atoms with E-state index in [1.165, 1.54) is 0 Å². The van der Waals surface area contributed by atoms with Crippen LogP contribution in [0.5, 0.6) is 0 Å². The summed E-state index contributed by atoms with van der Waals surface area (Å²) >= 11 is 0. The monoisotopic (exact) mass is 356 g/mol. The number of ketones is 2. The van der Waals surface area contributed by atoms with Gasteiger partial charge in [-0.2, -0.15) is 0 Å². The van der Waals surface area contributed by atoms with Gasteiger partial charge in [0.2, 0.25) is 0 Å². The molecule has 2 aliphatic rings. The molecule has 0 amide bonds. The van der Waals surface area contributed by atoms with E-state index in [2.05, 4.69) is 13.8 Å². The average molecular weight is 356 g/mol. The first-order chi connectivity index (χ1) is 12.3. The van der Waals surface area contributed by atoms with Crippen LogP contribution >= 0.6 is 0 Å². The Bertz CT molecular complexity index is 708. The highest BCUT2D eigenvalue weighted by Gasteiger charge is 2.62. The molecule has 4 nitrogen and oxygen atoms in total. The van der Waals surface area contributed by atoms with Gasteiger partial charge in [-0.05, 0) is 31.7 Å². The minimum atomic E-state index is -0.743. The molecule has 1 aromatic rings. The van der Waals surface area contributed by atoms with E-state index in [-0.39, 0.29) is 23.4 Å². The van der Waals surface area contributed by atoms with Crippen molar-refractivity contribution in [1.29, 1.82) is 0 Å². The first-order valence-electron chi connectivity index (χ1n) is 9.38. The quantitative estimate of drug-likeness (QED) is 0.696. The second-order valence-electron chi connectivity index (χ2n) is 8.00.